The first-order valence-corrected chi connectivity index (χ1v) is 11.2. The molecule has 1 amide bonds. The van der Waals surface area contributed by atoms with Crippen molar-refractivity contribution in [2.45, 2.75) is 39.2 Å². The molecule has 4 heteroatoms. The minimum absolute atomic E-state index is 0.0563. The molecule has 0 saturated carbocycles. The minimum atomic E-state index is 0.0563. The van der Waals surface area contributed by atoms with Crippen molar-refractivity contribution in [3.05, 3.63) is 87.1 Å². The van der Waals surface area contributed by atoms with E-state index in [9.17, 15) is 4.79 Å². The van der Waals surface area contributed by atoms with Crippen LogP contribution in [0.4, 0.5) is 5.69 Å². The lowest BCUT2D eigenvalue weighted by Crippen LogP contribution is -2.40. The molecular weight excluding hydrogens is 376 g/mol. The predicted molar refractivity (Wildman–Crippen MR) is 122 cm³/mol. The highest BCUT2D eigenvalue weighted by Crippen LogP contribution is 2.37. The van der Waals surface area contributed by atoms with Crippen LogP contribution in [0.1, 0.15) is 52.9 Å². The lowest BCUT2D eigenvalue weighted by molar-refractivity contribution is -0.117. The van der Waals surface area contributed by atoms with Crippen molar-refractivity contribution in [1.29, 1.82) is 0 Å². The number of nitrogens with one attached hydrogen (secondary N) is 1. The topological polar surface area (TPSA) is 32.3 Å². The van der Waals surface area contributed by atoms with Crippen molar-refractivity contribution in [2.75, 3.05) is 18.4 Å². The number of carbonyl (C=O) groups is 1. The van der Waals surface area contributed by atoms with Gasteiger partial charge in [-0.2, -0.15) is 0 Å². The summed E-state index contributed by atoms with van der Waals surface area (Å²) in [5.74, 6) is 0.423. The average molecular weight is 405 g/mol. The number of thiophene rings is 1. The standard InChI is InChI=1S/C25H28N2OS/c1-17(2)20-11-7-8-18(3)24(20)26-23(28)16-27-14-12-22-21(13-15-29-22)25(27)19-9-5-4-6-10-19/h4-11,13,15,17,25H,12,14,16H2,1-3H3,(H,26,28). The average Bonchev–Trinajstić information content (AvgIpc) is 3.18. The van der Waals surface area contributed by atoms with E-state index in [-0.39, 0.29) is 11.9 Å². The smallest absolute Gasteiger partial charge is 0.238 e. The van der Waals surface area contributed by atoms with Crippen LogP contribution in [0.3, 0.4) is 0 Å². The molecule has 150 valence electrons. The molecule has 2 aromatic carbocycles. The SMILES string of the molecule is Cc1cccc(C(C)C)c1NC(=O)CN1CCc2sccc2C1c1ccccc1. The highest BCUT2D eigenvalue weighted by atomic mass is 32.1. The van der Waals surface area contributed by atoms with Crippen LogP contribution in [0.5, 0.6) is 0 Å². The molecule has 1 atom stereocenters. The van der Waals surface area contributed by atoms with E-state index in [1.807, 2.05) is 17.4 Å². The number of hydrogen-bond donors (Lipinski definition) is 1. The second-order valence-corrected chi connectivity index (χ2v) is 9.08. The number of amides is 1. The first-order chi connectivity index (χ1) is 14.0. The van der Waals surface area contributed by atoms with Gasteiger partial charge in [0.2, 0.25) is 5.91 Å². The van der Waals surface area contributed by atoms with Gasteiger partial charge >= 0.3 is 0 Å². The zero-order valence-electron chi connectivity index (χ0n) is 17.3. The van der Waals surface area contributed by atoms with Crippen LogP contribution in [0.2, 0.25) is 0 Å². The molecule has 0 aliphatic carbocycles. The first kappa shape index (κ1) is 19.9. The Kier molecular flexibility index (Phi) is 5.84. The fourth-order valence-corrected chi connectivity index (χ4v) is 5.17. The Bertz CT molecular complexity index is 993. The summed E-state index contributed by atoms with van der Waals surface area (Å²) >= 11 is 1.83. The van der Waals surface area contributed by atoms with Gasteiger partial charge in [-0.05, 0) is 53.0 Å². The summed E-state index contributed by atoms with van der Waals surface area (Å²) in [6.45, 7) is 7.68. The monoisotopic (exact) mass is 404 g/mol. The highest BCUT2D eigenvalue weighted by molar-refractivity contribution is 7.10. The largest absolute Gasteiger partial charge is 0.324 e. The molecule has 3 nitrogen and oxygen atoms in total. The number of aryl methyl sites for hydroxylation is 1. The number of carbonyl (C=O) groups excluding carboxylic acids is 1. The molecule has 0 radical (unpaired) electrons. The Hall–Kier alpha value is -2.43. The quantitative estimate of drug-likeness (QED) is 0.586. The highest BCUT2D eigenvalue weighted by Gasteiger charge is 2.30. The molecule has 29 heavy (non-hydrogen) atoms. The number of fused-ring (bicyclic) bond motifs is 1. The van der Waals surface area contributed by atoms with Gasteiger partial charge < -0.3 is 5.32 Å². The Labute approximate surface area is 177 Å². The van der Waals surface area contributed by atoms with Crippen LogP contribution in [0.25, 0.3) is 0 Å². The Morgan fingerprint density at radius 3 is 2.69 bits per heavy atom. The van der Waals surface area contributed by atoms with Gasteiger partial charge in [0.15, 0.2) is 0 Å². The van der Waals surface area contributed by atoms with E-state index >= 15 is 0 Å². The number of hydrogen-bond acceptors (Lipinski definition) is 3. The van der Waals surface area contributed by atoms with E-state index in [4.69, 9.17) is 0 Å². The maximum Gasteiger partial charge on any atom is 0.238 e. The van der Waals surface area contributed by atoms with Crippen LogP contribution in [-0.2, 0) is 11.2 Å². The van der Waals surface area contributed by atoms with Crippen LogP contribution < -0.4 is 5.32 Å². The lowest BCUT2D eigenvalue weighted by atomic mass is 9.93. The molecule has 1 unspecified atom stereocenters. The predicted octanol–water partition coefficient (Wildman–Crippen LogP) is 5.77. The van der Waals surface area contributed by atoms with E-state index in [0.717, 1.165) is 24.2 Å². The number of anilines is 1. The van der Waals surface area contributed by atoms with Gasteiger partial charge in [-0.1, -0.05) is 62.4 Å². The van der Waals surface area contributed by atoms with Gasteiger partial charge in [0.25, 0.3) is 0 Å². The summed E-state index contributed by atoms with van der Waals surface area (Å²) in [6, 6.07) is 19.1. The minimum Gasteiger partial charge on any atom is -0.324 e. The van der Waals surface area contributed by atoms with Crippen molar-refractivity contribution in [3.8, 4) is 0 Å². The van der Waals surface area contributed by atoms with E-state index in [1.54, 1.807) is 0 Å². The molecule has 1 N–H and O–H groups in total. The van der Waals surface area contributed by atoms with E-state index in [2.05, 4.69) is 84.9 Å². The number of benzene rings is 2. The normalized spacial score (nSPS) is 16.6. The number of para-hydroxylation sites is 1. The zero-order chi connectivity index (χ0) is 20.4. The van der Waals surface area contributed by atoms with E-state index in [1.165, 1.54) is 21.6 Å². The van der Waals surface area contributed by atoms with Gasteiger partial charge in [0.05, 0.1) is 12.6 Å². The zero-order valence-corrected chi connectivity index (χ0v) is 18.1. The summed E-state index contributed by atoms with van der Waals surface area (Å²) in [5, 5.41) is 5.39. The molecule has 1 aromatic heterocycles. The number of nitrogens with zero attached hydrogens (tertiary/aromatic N) is 1. The molecule has 3 aromatic rings. The van der Waals surface area contributed by atoms with Crippen LogP contribution in [0, 0.1) is 6.92 Å². The summed E-state index contributed by atoms with van der Waals surface area (Å²) in [5.41, 5.74) is 5.87. The molecule has 0 saturated heterocycles. The summed E-state index contributed by atoms with van der Waals surface area (Å²) < 4.78 is 0. The van der Waals surface area contributed by atoms with E-state index in [0.29, 0.717) is 12.5 Å². The van der Waals surface area contributed by atoms with Gasteiger partial charge in [-0.25, -0.2) is 0 Å². The summed E-state index contributed by atoms with van der Waals surface area (Å²) in [6.07, 6.45) is 1.01. The Morgan fingerprint density at radius 2 is 1.93 bits per heavy atom. The van der Waals surface area contributed by atoms with Crippen molar-refractivity contribution in [1.82, 2.24) is 4.90 Å². The molecule has 1 aliphatic rings. The van der Waals surface area contributed by atoms with Crippen LogP contribution in [0.15, 0.2) is 60.0 Å². The van der Waals surface area contributed by atoms with Crippen molar-refractivity contribution >= 4 is 22.9 Å². The fraction of sp³-hybridized carbons (Fsp3) is 0.320. The third kappa shape index (κ3) is 4.14. The van der Waals surface area contributed by atoms with Crippen LogP contribution in [-0.4, -0.2) is 23.9 Å². The van der Waals surface area contributed by atoms with Crippen molar-refractivity contribution in [3.63, 3.8) is 0 Å². The summed E-state index contributed by atoms with van der Waals surface area (Å²) in [4.78, 5) is 16.8. The molecule has 0 fully saturated rings. The maximum atomic E-state index is 13.1. The first-order valence-electron chi connectivity index (χ1n) is 10.3. The van der Waals surface area contributed by atoms with Gasteiger partial charge in [-0.15, -0.1) is 11.3 Å². The molecular formula is C25H28N2OS. The third-order valence-corrected chi connectivity index (χ3v) is 6.72. The fourth-order valence-electron chi connectivity index (χ4n) is 4.27. The summed E-state index contributed by atoms with van der Waals surface area (Å²) in [7, 11) is 0. The number of rotatable bonds is 5. The molecule has 0 bridgehead atoms. The molecule has 1 aliphatic heterocycles. The van der Waals surface area contributed by atoms with Gasteiger partial charge in [0.1, 0.15) is 0 Å². The van der Waals surface area contributed by atoms with Gasteiger partial charge in [-0.3, -0.25) is 9.69 Å². The second kappa shape index (κ2) is 8.52. The Balaban J connectivity index is 1.58. The van der Waals surface area contributed by atoms with Crippen molar-refractivity contribution < 1.29 is 4.79 Å². The third-order valence-electron chi connectivity index (χ3n) is 5.72. The van der Waals surface area contributed by atoms with E-state index < -0.39 is 0 Å². The lowest BCUT2D eigenvalue weighted by Gasteiger charge is -2.36. The second-order valence-electron chi connectivity index (χ2n) is 8.07. The maximum absolute atomic E-state index is 13.1. The molecule has 2 heterocycles. The van der Waals surface area contributed by atoms with Gasteiger partial charge in [0, 0.05) is 17.1 Å². The molecule has 4 rings (SSSR count). The Morgan fingerprint density at radius 1 is 1.14 bits per heavy atom. The molecule has 0 spiro atoms. The van der Waals surface area contributed by atoms with Crippen molar-refractivity contribution in [2.24, 2.45) is 0 Å². The van der Waals surface area contributed by atoms with Crippen LogP contribution >= 0.6 is 11.3 Å².